The zero-order valence-corrected chi connectivity index (χ0v) is 18.1. The summed E-state index contributed by atoms with van der Waals surface area (Å²) in [5, 5.41) is 0. The number of nitrogens with one attached hydrogen (secondary N) is 1. The van der Waals surface area contributed by atoms with Gasteiger partial charge in [0.1, 0.15) is 5.54 Å². The van der Waals surface area contributed by atoms with Gasteiger partial charge in [-0.05, 0) is 55.7 Å². The molecule has 2 aliphatic rings. The quantitative estimate of drug-likeness (QED) is 0.588. The summed E-state index contributed by atoms with van der Waals surface area (Å²) < 4.78 is 0. The van der Waals surface area contributed by atoms with Crippen LogP contribution in [0.1, 0.15) is 37.1 Å². The number of fused-ring (bicyclic) bond motifs is 4. The van der Waals surface area contributed by atoms with Gasteiger partial charge in [-0.1, -0.05) is 35.9 Å². The maximum absolute atomic E-state index is 11.9. The van der Waals surface area contributed by atoms with Crippen molar-refractivity contribution < 1.29 is 0 Å². The lowest BCUT2D eigenvalue weighted by Crippen LogP contribution is -2.40. The van der Waals surface area contributed by atoms with E-state index in [1.807, 2.05) is 32.5 Å². The number of H-pyrrole nitrogens is 1. The van der Waals surface area contributed by atoms with Crippen molar-refractivity contribution >= 4 is 18.0 Å². The predicted octanol–water partition coefficient (Wildman–Crippen LogP) is 4.89. The highest BCUT2D eigenvalue weighted by Gasteiger charge is 2.46. The van der Waals surface area contributed by atoms with Crippen molar-refractivity contribution in [3.8, 4) is 0 Å². The van der Waals surface area contributed by atoms with E-state index in [2.05, 4.69) is 66.2 Å². The molecule has 30 heavy (non-hydrogen) atoms. The molecule has 2 unspecified atom stereocenters. The number of rotatable bonds is 4. The molecule has 4 heteroatoms. The van der Waals surface area contributed by atoms with Gasteiger partial charge in [-0.2, -0.15) is 0 Å². The summed E-state index contributed by atoms with van der Waals surface area (Å²) in [7, 11) is 4.08. The number of aliphatic imine (C=N–C) groups is 1. The lowest BCUT2D eigenvalue weighted by Gasteiger charge is -2.45. The molecule has 0 fully saturated rings. The fourth-order valence-corrected chi connectivity index (χ4v) is 4.86. The molecule has 2 bridgehead atoms. The number of pyridine rings is 1. The third kappa shape index (κ3) is 3.58. The molecular formula is C26H29N3O. The standard InChI is InChI=1S/C26H29N3O/c1-5-22-20-15-18(2)17-26(22,23-12-13-25(30)28-24(23)16-20)27-14-6-7-19-8-10-21(11-9-19)29(3)4/h5-15,20H,16-17H2,1-4H3,(H,28,30)/b7-6+,22-5+,27-14?. The molecule has 2 aromatic rings. The first-order valence-corrected chi connectivity index (χ1v) is 10.5. The Morgan fingerprint density at radius 2 is 1.93 bits per heavy atom. The van der Waals surface area contributed by atoms with E-state index >= 15 is 0 Å². The average Bonchev–Trinajstić information content (AvgIpc) is 2.71. The average molecular weight is 400 g/mol. The third-order valence-electron chi connectivity index (χ3n) is 6.16. The predicted molar refractivity (Wildman–Crippen MR) is 126 cm³/mol. The van der Waals surface area contributed by atoms with Crippen molar-refractivity contribution in [1.82, 2.24) is 4.98 Å². The van der Waals surface area contributed by atoms with Gasteiger partial charge in [0.05, 0.1) is 0 Å². The van der Waals surface area contributed by atoms with Gasteiger partial charge in [0.25, 0.3) is 0 Å². The van der Waals surface area contributed by atoms with Crippen molar-refractivity contribution in [2.45, 2.75) is 32.2 Å². The summed E-state index contributed by atoms with van der Waals surface area (Å²) in [5.41, 5.74) is 6.66. The molecule has 0 aliphatic heterocycles. The fraction of sp³-hybridized carbons (Fsp3) is 0.308. The minimum absolute atomic E-state index is 0.0448. The molecule has 0 amide bonds. The SMILES string of the molecule is C/C=C1\C2C=C(C)CC1(N=C/C=C/c1ccc(N(C)C)cc1)c1ccc(=O)[nH]c1C2. The van der Waals surface area contributed by atoms with E-state index in [-0.39, 0.29) is 11.5 Å². The van der Waals surface area contributed by atoms with Crippen LogP contribution in [0.15, 0.2) is 75.6 Å². The molecule has 2 atom stereocenters. The Kier molecular flexibility index (Phi) is 5.33. The number of anilines is 1. The monoisotopic (exact) mass is 399 g/mol. The second kappa shape index (κ2) is 7.94. The molecule has 1 heterocycles. The largest absolute Gasteiger partial charge is 0.378 e. The number of allylic oxidation sites excluding steroid dienone is 3. The lowest BCUT2D eigenvalue weighted by atomic mass is 9.63. The van der Waals surface area contributed by atoms with Gasteiger partial charge >= 0.3 is 0 Å². The highest BCUT2D eigenvalue weighted by molar-refractivity contribution is 5.79. The first kappa shape index (κ1) is 20.1. The van der Waals surface area contributed by atoms with Crippen LogP contribution in [-0.4, -0.2) is 25.3 Å². The Labute approximate surface area is 178 Å². The number of aromatic amines is 1. The molecule has 154 valence electrons. The minimum atomic E-state index is -0.435. The molecule has 0 spiro atoms. The highest BCUT2D eigenvalue weighted by atomic mass is 16.1. The van der Waals surface area contributed by atoms with Crippen molar-refractivity contribution in [1.29, 1.82) is 0 Å². The van der Waals surface area contributed by atoms with Gasteiger partial charge < -0.3 is 9.88 Å². The van der Waals surface area contributed by atoms with Gasteiger partial charge in [-0.3, -0.25) is 9.79 Å². The van der Waals surface area contributed by atoms with Crippen LogP contribution in [0.25, 0.3) is 6.08 Å². The summed E-state index contributed by atoms with van der Waals surface area (Å²) in [6.45, 7) is 4.28. The van der Waals surface area contributed by atoms with Gasteiger partial charge in [0, 0.05) is 55.7 Å². The Balaban J connectivity index is 1.69. The van der Waals surface area contributed by atoms with Crippen LogP contribution < -0.4 is 10.5 Å². The zero-order chi connectivity index (χ0) is 21.3. The van der Waals surface area contributed by atoms with Crippen LogP contribution in [0.5, 0.6) is 0 Å². The second-order valence-corrected chi connectivity index (χ2v) is 8.44. The molecule has 0 saturated carbocycles. The number of hydrogen-bond acceptors (Lipinski definition) is 3. The number of nitrogens with zero attached hydrogens (tertiary/aromatic N) is 2. The van der Waals surface area contributed by atoms with Crippen molar-refractivity contribution in [2.75, 3.05) is 19.0 Å². The highest BCUT2D eigenvalue weighted by Crippen LogP contribution is 2.51. The molecule has 4 rings (SSSR count). The van der Waals surface area contributed by atoms with Crippen molar-refractivity contribution in [3.63, 3.8) is 0 Å². The van der Waals surface area contributed by atoms with Crippen LogP contribution in [-0.2, 0) is 12.0 Å². The van der Waals surface area contributed by atoms with E-state index < -0.39 is 5.54 Å². The van der Waals surface area contributed by atoms with Crippen LogP contribution in [0, 0.1) is 5.92 Å². The van der Waals surface area contributed by atoms with Crippen LogP contribution in [0.3, 0.4) is 0 Å². The van der Waals surface area contributed by atoms with E-state index in [0.29, 0.717) is 0 Å². The van der Waals surface area contributed by atoms with Gasteiger partial charge in [-0.15, -0.1) is 0 Å². The van der Waals surface area contributed by atoms with E-state index in [4.69, 9.17) is 4.99 Å². The first-order chi connectivity index (χ1) is 14.4. The molecule has 0 radical (unpaired) electrons. The van der Waals surface area contributed by atoms with Gasteiger partial charge in [0.2, 0.25) is 5.56 Å². The molecular weight excluding hydrogens is 370 g/mol. The van der Waals surface area contributed by atoms with Gasteiger partial charge in [0.15, 0.2) is 0 Å². The smallest absolute Gasteiger partial charge is 0.248 e. The maximum atomic E-state index is 11.9. The maximum Gasteiger partial charge on any atom is 0.248 e. The molecule has 2 aliphatic carbocycles. The summed E-state index contributed by atoms with van der Waals surface area (Å²) in [6.07, 6.45) is 12.2. The zero-order valence-electron chi connectivity index (χ0n) is 18.1. The molecule has 1 N–H and O–H groups in total. The van der Waals surface area contributed by atoms with E-state index in [1.54, 1.807) is 6.07 Å². The summed E-state index contributed by atoms with van der Waals surface area (Å²) >= 11 is 0. The number of benzene rings is 1. The molecule has 1 aromatic heterocycles. The number of aromatic nitrogens is 1. The molecule has 0 saturated heterocycles. The Hall–Kier alpha value is -3.14. The van der Waals surface area contributed by atoms with Crippen molar-refractivity contribution in [3.05, 3.63) is 92.9 Å². The number of hydrogen-bond donors (Lipinski definition) is 1. The lowest BCUT2D eigenvalue weighted by molar-refractivity contribution is 0.413. The van der Waals surface area contributed by atoms with Crippen LogP contribution >= 0.6 is 0 Å². The minimum Gasteiger partial charge on any atom is -0.378 e. The molecule has 4 nitrogen and oxygen atoms in total. The topological polar surface area (TPSA) is 48.5 Å². The van der Waals surface area contributed by atoms with Crippen molar-refractivity contribution in [2.24, 2.45) is 10.9 Å². The van der Waals surface area contributed by atoms with E-state index in [9.17, 15) is 4.79 Å². The summed E-state index contributed by atoms with van der Waals surface area (Å²) in [6, 6.07) is 12.0. The Morgan fingerprint density at radius 1 is 1.17 bits per heavy atom. The van der Waals surface area contributed by atoms with Crippen LogP contribution in [0.2, 0.25) is 0 Å². The third-order valence-corrected chi connectivity index (χ3v) is 6.16. The summed E-state index contributed by atoms with van der Waals surface area (Å²) in [5.74, 6) is 0.286. The van der Waals surface area contributed by atoms with Crippen LogP contribution in [0.4, 0.5) is 5.69 Å². The normalized spacial score (nSPS) is 24.3. The fourth-order valence-electron chi connectivity index (χ4n) is 4.86. The van der Waals surface area contributed by atoms with Gasteiger partial charge in [-0.25, -0.2) is 0 Å². The first-order valence-electron chi connectivity index (χ1n) is 10.5. The Bertz CT molecular complexity index is 1120. The summed E-state index contributed by atoms with van der Waals surface area (Å²) in [4.78, 5) is 22.2. The molecule has 1 aromatic carbocycles. The van der Waals surface area contributed by atoms with E-state index in [0.717, 1.165) is 29.7 Å². The second-order valence-electron chi connectivity index (χ2n) is 8.44. The Morgan fingerprint density at radius 3 is 2.63 bits per heavy atom. The van der Waals surface area contributed by atoms with E-state index in [1.165, 1.54) is 16.8 Å².